The van der Waals surface area contributed by atoms with E-state index in [0.29, 0.717) is 23.6 Å². The van der Waals surface area contributed by atoms with E-state index in [1.54, 1.807) is 30.5 Å². The van der Waals surface area contributed by atoms with Crippen molar-refractivity contribution in [3.8, 4) is 0 Å². The molecule has 0 saturated carbocycles. The zero-order valence-electron chi connectivity index (χ0n) is 13.7. The summed E-state index contributed by atoms with van der Waals surface area (Å²) in [6, 6.07) is 9.35. The van der Waals surface area contributed by atoms with Gasteiger partial charge < -0.3 is 10.6 Å². The molecule has 0 bridgehead atoms. The molecule has 130 valence electrons. The van der Waals surface area contributed by atoms with E-state index in [2.05, 4.69) is 15.6 Å². The lowest BCUT2D eigenvalue weighted by Gasteiger charge is -2.28. The third kappa shape index (κ3) is 4.36. The maximum atomic E-state index is 13.7. The molecule has 0 aliphatic carbocycles. The van der Waals surface area contributed by atoms with Crippen molar-refractivity contribution in [2.24, 2.45) is 0 Å². The van der Waals surface area contributed by atoms with Crippen molar-refractivity contribution in [3.05, 3.63) is 59.5 Å². The number of amides is 2. The Morgan fingerprint density at radius 1 is 1.36 bits per heavy atom. The number of carbonyl (C=O) groups is 2. The highest BCUT2D eigenvalue weighted by Gasteiger charge is 2.32. The molecule has 1 aliphatic heterocycles. The van der Waals surface area contributed by atoms with E-state index in [-0.39, 0.29) is 17.6 Å². The molecule has 5 nitrogen and oxygen atoms in total. The summed E-state index contributed by atoms with van der Waals surface area (Å²) in [5.41, 5.74) is 1.50. The highest BCUT2D eigenvalue weighted by molar-refractivity contribution is 8.00. The molecular formula is C18H18FN3O2S. The van der Waals surface area contributed by atoms with Gasteiger partial charge in [-0.15, -0.1) is 11.8 Å². The van der Waals surface area contributed by atoms with E-state index in [1.807, 2.05) is 13.0 Å². The second kappa shape index (κ2) is 7.65. The number of aryl methyl sites for hydroxylation is 1. The van der Waals surface area contributed by atoms with Crippen LogP contribution >= 0.6 is 11.8 Å². The maximum Gasteiger partial charge on any atom is 0.248 e. The molecule has 2 unspecified atom stereocenters. The number of pyridine rings is 1. The Morgan fingerprint density at radius 3 is 2.84 bits per heavy atom. The summed E-state index contributed by atoms with van der Waals surface area (Å²) in [6.07, 6.45) is 1.96. The van der Waals surface area contributed by atoms with Crippen LogP contribution in [0.4, 0.5) is 10.2 Å². The average Bonchev–Trinajstić information content (AvgIpc) is 2.60. The first-order valence-corrected chi connectivity index (χ1v) is 8.96. The van der Waals surface area contributed by atoms with Crippen LogP contribution in [0.15, 0.2) is 42.6 Å². The van der Waals surface area contributed by atoms with Gasteiger partial charge in [-0.05, 0) is 36.6 Å². The smallest absolute Gasteiger partial charge is 0.248 e. The summed E-state index contributed by atoms with van der Waals surface area (Å²) in [5, 5.41) is 5.01. The number of benzene rings is 1. The van der Waals surface area contributed by atoms with Crippen molar-refractivity contribution in [1.29, 1.82) is 0 Å². The Morgan fingerprint density at radius 2 is 2.16 bits per heavy atom. The van der Waals surface area contributed by atoms with Gasteiger partial charge in [0.05, 0.1) is 5.25 Å². The van der Waals surface area contributed by atoms with Crippen LogP contribution in [0.25, 0.3) is 0 Å². The third-order valence-corrected chi connectivity index (χ3v) is 5.22. The summed E-state index contributed by atoms with van der Waals surface area (Å²) in [6.45, 7) is 1.91. The molecule has 2 heterocycles. The van der Waals surface area contributed by atoms with Crippen molar-refractivity contribution < 1.29 is 14.0 Å². The topological polar surface area (TPSA) is 71.1 Å². The highest BCUT2D eigenvalue weighted by atomic mass is 32.2. The van der Waals surface area contributed by atoms with E-state index >= 15 is 0 Å². The van der Waals surface area contributed by atoms with E-state index < -0.39 is 11.3 Å². The summed E-state index contributed by atoms with van der Waals surface area (Å²) >= 11 is 1.36. The second-order valence-electron chi connectivity index (χ2n) is 5.89. The van der Waals surface area contributed by atoms with Gasteiger partial charge in [-0.1, -0.05) is 24.3 Å². The first-order valence-electron chi connectivity index (χ1n) is 7.92. The Hall–Kier alpha value is -2.41. The maximum absolute atomic E-state index is 13.7. The van der Waals surface area contributed by atoms with Gasteiger partial charge in [0.2, 0.25) is 11.8 Å². The minimum absolute atomic E-state index is 0.253. The molecule has 2 aromatic rings. The molecule has 25 heavy (non-hydrogen) atoms. The second-order valence-corrected chi connectivity index (χ2v) is 7.12. The van der Waals surface area contributed by atoms with Crippen LogP contribution in [-0.2, 0) is 16.0 Å². The molecule has 1 aromatic heterocycles. The quantitative estimate of drug-likeness (QED) is 0.879. The predicted octanol–water partition coefficient (Wildman–Crippen LogP) is 2.31. The van der Waals surface area contributed by atoms with Gasteiger partial charge in [0.25, 0.3) is 0 Å². The minimum atomic E-state index is -0.627. The fraction of sp³-hybridized carbons (Fsp3) is 0.278. The van der Waals surface area contributed by atoms with Crippen LogP contribution in [0.3, 0.4) is 0 Å². The zero-order chi connectivity index (χ0) is 17.8. The van der Waals surface area contributed by atoms with Crippen molar-refractivity contribution >= 4 is 29.4 Å². The SMILES string of the molecule is Cc1ccc(NC(=O)C2CSC(Cc3ccccc3F)C(=O)N2)nc1. The van der Waals surface area contributed by atoms with E-state index in [1.165, 1.54) is 17.8 Å². The number of carbonyl (C=O) groups excluding carboxylic acids is 2. The van der Waals surface area contributed by atoms with Gasteiger partial charge in [-0.2, -0.15) is 0 Å². The normalized spacial score (nSPS) is 20.0. The third-order valence-electron chi connectivity index (χ3n) is 3.92. The Kier molecular flexibility index (Phi) is 5.33. The first-order chi connectivity index (χ1) is 12.0. The summed E-state index contributed by atoms with van der Waals surface area (Å²) in [5.74, 6) is 0.00494. The Bertz CT molecular complexity index is 782. The lowest BCUT2D eigenvalue weighted by molar-refractivity contribution is -0.126. The van der Waals surface area contributed by atoms with E-state index in [9.17, 15) is 14.0 Å². The molecule has 0 radical (unpaired) electrons. The van der Waals surface area contributed by atoms with Gasteiger partial charge in [-0.3, -0.25) is 9.59 Å². The average molecular weight is 359 g/mol. The summed E-state index contributed by atoms with van der Waals surface area (Å²) in [7, 11) is 0. The summed E-state index contributed by atoms with van der Waals surface area (Å²) in [4.78, 5) is 28.7. The van der Waals surface area contributed by atoms with Crippen LogP contribution < -0.4 is 10.6 Å². The first kappa shape index (κ1) is 17.4. The standard InChI is InChI=1S/C18H18FN3O2S/c1-11-6-7-16(20-9-11)22-17(23)14-10-25-15(18(24)21-14)8-12-4-2-3-5-13(12)19/h2-7,9,14-15H,8,10H2,1H3,(H,21,24)(H,20,22,23). The molecule has 1 fully saturated rings. The highest BCUT2D eigenvalue weighted by Crippen LogP contribution is 2.23. The molecule has 2 atom stereocenters. The van der Waals surface area contributed by atoms with Crippen LogP contribution in [0.2, 0.25) is 0 Å². The van der Waals surface area contributed by atoms with Gasteiger partial charge in [0, 0.05) is 11.9 Å². The van der Waals surface area contributed by atoms with E-state index in [4.69, 9.17) is 0 Å². The molecule has 1 aromatic carbocycles. The molecule has 1 aliphatic rings. The van der Waals surface area contributed by atoms with Crippen molar-refractivity contribution in [3.63, 3.8) is 0 Å². The summed E-state index contributed by atoms with van der Waals surface area (Å²) < 4.78 is 13.7. The molecule has 0 spiro atoms. The molecule has 2 amide bonds. The van der Waals surface area contributed by atoms with Gasteiger partial charge in [0.1, 0.15) is 17.7 Å². The molecule has 2 N–H and O–H groups in total. The largest absolute Gasteiger partial charge is 0.343 e. The van der Waals surface area contributed by atoms with E-state index in [0.717, 1.165) is 5.56 Å². The molecule has 3 rings (SSSR count). The van der Waals surface area contributed by atoms with Gasteiger partial charge in [0.15, 0.2) is 0 Å². The van der Waals surface area contributed by atoms with Crippen molar-refractivity contribution in [2.75, 3.05) is 11.1 Å². The number of aromatic nitrogens is 1. The lowest BCUT2D eigenvalue weighted by Crippen LogP contribution is -2.52. The zero-order valence-corrected chi connectivity index (χ0v) is 14.5. The lowest BCUT2D eigenvalue weighted by atomic mass is 10.1. The number of nitrogens with one attached hydrogen (secondary N) is 2. The number of thioether (sulfide) groups is 1. The number of hydrogen-bond donors (Lipinski definition) is 2. The number of anilines is 1. The van der Waals surface area contributed by atoms with Gasteiger partial charge >= 0.3 is 0 Å². The van der Waals surface area contributed by atoms with Crippen molar-refractivity contribution in [2.45, 2.75) is 24.6 Å². The van der Waals surface area contributed by atoms with Crippen molar-refractivity contribution in [1.82, 2.24) is 10.3 Å². The Balaban J connectivity index is 1.57. The fourth-order valence-electron chi connectivity index (χ4n) is 2.51. The van der Waals surface area contributed by atoms with Crippen LogP contribution in [0, 0.1) is 12.7 Å². The number of nitrogens with zero attached hydrogens (tertiary/aromatic N) is 1. The molecule has 7 heteroatoms. The van der Waals surface area contributed by atoms with Gasteiger partial charge in [-0.25, -0.2) is 9.37 Å². The minimum Gasteiger partial charge on any atom is -0.343 e. The number of hydrogen-bond acceptors (Lipinski definition) is 4. The monoisotopic (exact) mass is 359 g/mol. The number of rotatable bonds is 4. The van der Waals surface area contributed by atoms with Crippen LogP contribution in [0.1, 0.15) is 11.1 Å². The number of halogens is 1. The Labute approximate surface area is 149 Å². The van der Waals surface area contributed by atoms with Crippen LogP contribution in [-0.4, -0.2) is 33.8 Å². The fourth-order valence-corrected chi connectivity index (χ4v) is 3.68. The van der Waals surface area contributed by atoms with Crippen LogP contribution in [0.5, 0.6) is 0 Å². The predicted molar refractivity (Wildman–Crippen MR) is 95.9 cm³/mol. The molecule has 1 saturated heterocycles. The molecular weight excluding hydrogens is 341 g/mol.